The highest BCUT2D eigenvalue weighted by Gasteiger charge is 2.12. The average Bonchev–Trinajstić information content (AvgIpc) is 2.41. The zero-order chi connectivity index (χ0) is 13.0. The molecule has 0 fully saturated rings. The summed E-state index contributed by atoms with van der Waals surface area (Å²) < 4.78 is 1.02. The number of aromatic nitrogens is 2. The molecule has 0 bridgehead atoms. The smallest absolute Gasteiger partial charge is 0.134 e. The molecule has 1 aromatic heterocycles. The third-order valence-electron chi connectivity index (χ3n) is 2.87. The van der Waals surface area contributed by atoms with Gasteiger partial charge in [0.1, 0.15) is 5.82 Å². The second kappa shape index (κ2) is 6.07. The molecule has 1 aromatic carbocycles. The molecule has 0 radical (unpaired) electrons. The minimum atomic E-state index is 0.0112. The molecule has 94 valence electrons. The van der Waals surface area contributed by atoms with Crippen LogP contribution in [0.2, 0.25) is 0 Å². The minimum absolute atomic E-state index is 0.0112. The van der Waals surface area contributed by atoms with E-state index in [4.69, 9.17) is 0 Å². The van der Waals surface area contributed by atoms with E-state index in [-0.39, 0.29) is 12.5 Å². The molecule has 1 heterocycles. The number of benzene rings is 1. The fourth-order valence-corrected chi connectivity index (χ4v) is 2.17. The number of hydrogen-bond donors (Lipinski definition) is 1. The van der Waals surface area contributed by atoms with Crippen LogP contribution in [0.3, 0.4) is 0 Å². The summed E-state index contributed by atoms with van der Waals surface area (Å²) in [5.41, 5.74) is 1.93. The minimum Gasteiger partial charge on any atom is -0.396 e. The molecule has 0 spiro atoms. The Morgan fingerprint density at radius 2 is 2.17 bits per heavy atom. The zero-order valence-corrected chi connectivity index (χ0v) is 11.8. The van der Waals surface area contributed by atoms with Gasteiger partial charge in [-0.15, -0.1) is 0 Å². The first-order valence-corrected chi connectivity index (χ1v) is 6.73. The second-order valence-corrected chi connectivity index (χ2v) is 5.01. The lowest BCUT2D eigenvalue weighted by Crippen LogP contribution is -2.08. The molecule has 1 unspecified atom stereocenters. The maximum absolute atomic E-state index is 9.30. The first-order chi connectivity index (χ1) is 8.74. The lowest BCUT2D eigenvalue weighted by Gasteiger charge is -2.11. The number of halogens is 1. The summed E-state index contributed by atoms with van der Waals surface area (Å²) in [7, 11) is 0. The van der Waals surface area contributed by atoms with Crippen LogP contribution < -0.4 is 0 Å². The molecule has 2 rings (SSSR count). The Kier molecular flexibility index (Phi) is 4.44. The van der Waals surface area contributed by atoms with Crippen LogP contribution in [0.1, 0.15) is 25.1 Å². The number of aliphatic hydroxyl groups is 1. The van der Waals surface area contributed by atoms with E-state index in [0.717, 1.165) is 22.2 Å². The van der Waals surface area contributed by atoms with E-state index in [9.17, 15) is 5.11 Å². The van der Waals surface area contributed by atoms with Crippen LogP contribution in [-0.4, -0.2) is 21.7 Å². The maximum atomic E-state index is 9.30. The predicted octanol–water partition coefficient (Wildman–Crippen LogP) is 3.39. The first kappa shape index (κ1) is 13.2. The summed E-state index contributed by atoms with van der Waals surface area (Å²) in [6, 6.07) is 9.87. The van der Waals surface area contributed by atoms with Gasteiger partial charge in [-0.05, 0) is 24.6 Å². The Morgan fingerprint density at radius 3 is 2.83 bits per heavy atom. The van der Waals surface area contributed by atoms with Crippen molar-refractivity contribution in [3.8, 4) is 11.3 Å². The van der Waals surface area contributed by atoms with E-state index in [0.29, 0.717) is 5.82 Å². The summed E-state index contributed by atoms with van der Waals surface area (Å²) in [6.45, 7) is 2.11. The summed E-state index contributed by atoms with van der Waals surface area (Å²) in [4.78, 5) is 8.78. The molecule has 0 amide bonds. The molecule has 4 heteroatoms. The maximum Gasteiger partial charge on any atom is 0.134 e. The molecular weight excluding hydrogens is 292 g/mol. The van der Waals surface area contributed by atoms with Crippen LogP contribution in [0, 0.1) is 0 Å². The molecule has 0 aliphatic carbocycles. The molecule has 0 saturated heterocycles. The van der Waals surface area contributed by atoms with Gasteiger partial charge in [0, 0.05) is 22.2 Å². The van der Waals surface area contributed by atoms with Gasteiger partial charge in [0.25, 0.3) is 0 Å². The molecule has 18 heavy (non-hydrogen) atoms. The van der Waals surface area contributed by atoms with Gasteiger partial charge in [-0.1, -0.05) is 35.0 Å². The Labute approximate surface area is 115 Å². The van der Waals surface area contributed by atoms with Gasteiger partial charge in [-0.2, -0.15) is 0 Å². The van der Waals surface area contributed by atoms with Crippen molar-refractivity contribution < 1.29 is 5.11 Å². The van der Waals surface area contributed by atoms with Crippen molar-refractivity contribution in [3.05, 3.63) is 46.8 Å². The van der Waals surface area contributed by atoms with E-state index < -0.39 is 0 Å². The summed E-state index contributed by atoms with van der Waals surface area (Å²) in [5.74, 6) is 0.717. The van der Waals surface area contributed by atoms with Gasteiger partial charge in [-0.3, -0.25) is 0 Å². The molecule has 1 N–H and O–H groups in total. The highest BCUT2D eigenvalue weighted by atomic mass is 79.9. The Bertz CT molecular complexity index is 527. The Hall–Kier alpha value is -1.26. The molecule has 0 aliphatic heterocycles. The number of nitrogens with zero attached hydrogens (tertiary/aromatic N) is 2. The topological polar surface area (TPSA) is 46.0 Å². The highest BCUT2D eigenvalue weighted by molar-refractivity contribution is 9.10. The SMILES string of the molecule is CCC(CO)c1nccc(-c2cccc(Br)c2)n1. The van der Waals surface area contributed by atoms with Crippen LogP contribution in [0.25, 0.3) is 11.3 Å². The number of rotatable bonds is 4. The van der Waals surface area contributed by atoms with Crippen molar-refractivity contribution in [3.63, 3.8) is 0 Å². The monoisotopic (exact) mass is 306 g/mol. The van der Waals surface area contributed by atoms with E-state index in [2.05, 4.69) is 25.9 Å². The van der Waals surface area contributed by atoms with Crippen molar-refractivity contribution >= 4 is 15.9 Å². The van der Waals surface area contributed by atoms with Crippen molar-refractivity contribution in [2.45, 2.75) is 19.3 Å². The van der Waals surface area contributed by atoms with Crippen LogP contribution in [0.15, 0.2) is 41.0 Å². The molecule has 0 aliphatic rings. The second-order valence-electron chi connectivity index (χ2n) is 4.10. The van der Waals surface area contributed by atoms with E-state index in [1.165, 1.54) is 0 Å². The van der Waals surface area contributed by atoms with Gasteiger partial charge in [0.2, 0.25) is 0 Å². The lowest BCUT2D eigenvalue weighted by atomic mass is 10.1. The normalized spacial score (nSPS) is 12.4. The Morgan fingerprint density at radius 1 is 1.33 bits per heavy atom. The third kappa shape index (κ3) is 2.94. The van der Waals surface area contributed by atoms with Crippen molar-refractivity contribution in [2.24, 2.45) is 0 Å². The van der Waals surface area contributed by atoms with Crippen LogP contribution >= 0.6 is 15.9 Å². The van der Waals surface area contributed by atoms with Gasteiger partial charge in [0.15, 0.2) is 0 Å². The summed E-state index contributed by atoms with van der Waals surface area (Å²) in [5, 5.41) is 9.30. The molecule has 0 saturated carbocycles. The van der Waals surface area contributed by atoms with Crippen molar-refractivity contribution in [1.29, 1.82) is 0 Å². The fourth-order valence-electron chi connectivity index (χ4n) is 1.77. The number of aliphatic hydroxyl groups excluding tert-OH is 1. The lowest BCUT2D eigenvalue weighted by molar-refractivity contribution is 0.257. The first-order valence-electron chi connectivity index (χ1n) is 5.94. The van der Waals surface area contributed by atoms with Gasteiger partial charge in [0.05, 0.1) is 12.3 Å². The average molecular weight is 307 g/mol. The molecule has 2 aromatic rings. The molecule has 3 nitrogen and oxygen atoms in total. The largest absolute Gasteiger partial charge is 0.396 e. The zero-order valence-electron chi connectivity index (χ0n) is 10.2. The summed E-state index contributed by atoms with van der Waals surface area (Å²) in [6.07, 6.45) is 2.58. The molecular formula is C14H15BrN2O. The quantitative estimate of drug-likeness (QED) is 0.942. The third-order valence-corrected chi connectivity index (χ3v) is 3.37. The van der Waals surface area contributed by atoms with Crippen LogP contribution in [0.5, 0.6) is 0 Å². The highest BCUT2D eigenvalue weighted by Crippen LogP contribution is 2.23. The van der Waals surface area contributed by atoms with Crippen LogP contribution in [-0.2, 0) is 0 Å². The van der Waals surface area contributed by atoms with Crippen LogP contribution in [0.4, 0.5) is 0 Å². The number of hydrogen-bond acceptors (Lipinski definition) is 3. The van der Waals surface area contributed by atoms with E-state index in [1.54, 1.807) is 6.20 Å². The van der Waals surface area contributed by atoms with Crippen molar-refractivity contribution in [2.75, 3.05) is 6.61 Å². The predicted molar refractivity (Wildman–Crippen MR) is 75.3 cm³/mol. The van der Waals surface area contributed by atoms with Gasteiger partial charge < -0.3 is 5.11 Å². The molecule has 1 atom stereocenters. The fraction of sp³-hybridized carbons (Fsp3) is 0.286. The van der Waals surface area contributed by atoms with Gasteiger partial charge in [-0.25, -0.2) is 9.97 Å². The van der Waals surface area contributed by atoms with E-state index >= 15 is 0 Å². The Balaban J connectivity index is 2.38. The van der Waals surface area contributed by atoms with Gasteiger partial charge >= 0.3 is 0 Å². The van der Waals surface area contributed by atoms with Crippen molar-refractivity contribution in [1.82, 2.24) is 9.97 Å². The standard InChI is InChI=1S/C14H15BrN2O/c1-2-10(9-18)14-16-7-6-13(17-14)11-4-3-5-12(15)8-11/h3-8,10,18H,2,9H2,1H3. The summed E-state index contributed by atoms with van der Waals surface area (Å²) >= 11 is 3.45. The van der Waals surface area contributed by atoms with E-state index in [1.807, 2.05) is 37.3 Å².